The zero-order valence-electron chi connectivity index (χ0n) is 18.3. The van der Waals surface area contributed by atoms with Gasteiger partial charge in [-0.2, -0.15) is 13.2 Å². The van der Waals surface area contributed by atoms with E-state index in [0.29, 0.717) is 22.8 Å². The highest BCUT2D eigenvalue weighted by molar-refractivity contribution is 7.21. The Morgan fingerprint density at radius 3 is 2.21 bits per heavy atom. The second kappa shape index (κ2) is 8.86. The first kappa shape index (κ1) is 23.4. The molecular weight excluding hydrogens is 469 g/mol. The van der Waals surface area contributed by atoms with Crippen LogP contribution in [-0.2, 0) is 6.18 Å². The zero-order chi connectivity index (χ0) is 24.6. The highest BCUT2D eigenvalue weighted by atomic mass is 32.1. The number of pyridine rings is 1. The molecule has 2 N–H and O–H groups in total. The highest BCUT2D eigenvalue weighted by Gasteiger charge is 2.36. The molecular formula is C24H19F3N2O4S. The molecule has 6 nitrogen and oxygen atoms in total. The van der Waals surface area contributed by atoms with E-state index in [9.17, 15) is 18.0 Å². The number of thiophene rings is 1. The summed E-state index contributed by atoms with van der Waals surface area (Å²) < 4.78 is 57.5. The molecule has 0 saturated heterocycles. The van der Waals surface area contributed by atoms with Crippen molar-refractivity contribution in [1.29, 1.82) is 0 Å². The number of rotatable bonds is 6. The number of nitrogens with two attached hydrogens (primary N) is 1. The van der Waals surface area contributed by atoms with Gasteiger partial charge in [0.25, 0.3) is 0 Å². The molecule has 0 bridgehead atoms. The number of anilines is 1. The van der Waals surface area contributed by atoms with Crippen molar-refractivity contribution in [2.24, 2.45) is 0 Å². The molecule has 176 valence electrons. The van der Waals surface area contributed by atoms with Crippen molar-refractivity contribution in [3.8, 4) is 28.5 Å². The second-order valence-electron chi connectivity index (χ2n) is 7.21. The van der Waals surface area contributed by atoms with Crippen LogP contribution in [0.2, 0.25) is 0 Å². The number of halogens is 3. The van der Waals surface area contributed by atoms with Gasteiger partial charge in [-0.05, 0) is 48.5 Å². The van der Waals surface area contributed by atoms with Crippen LogP contribution in [0.5, 0.6) is 17.2 Å². The number of ketones is 1. The van der Waals surface area contributed by atoms with Crippen LogP contribution in [-0.4, -0.2) is 32.1 Å². The van der Waals surface area contributed by atoms with Gasteiger partial charge in [0.15, 0.2) is 11.5 Å². The van der Waals surface area contributed by atoms with E-state index in [0.717, 1.165) is 17.4 Å². The molecule has 2 aromatic heterocycles. The maximum atomic E-state index is 14.0. The Kier molecular flexibility index (Phi) is 6.09. The maximum Gasteiger partial charge on any atom is 0.417 e. The Morgan fingerprint density at radius 1 is 0.941 bits per heavy atom. The van der Waals surface area contributed by atoms with Gasteiger partial charge in [-0.25, -0.2) is 4.98 Å². The average molecular weight is 488 g/mol. The molecule has 0 spiro atoms. The van der Waals surface area contributed by atoms with Crippen LogP contribution in [0.15, 0.2) is 48.5 Å². The molecule has 0 aliphatic carbocycles. The van der Waals surface area contributed by atoms with E-state index in [-0.39, 0.29) is 32.0 Å². The molecule has 0 amide bonds. The van der Waals surface area contributed by atoms with Crippen molar-refractivity contribution in [2.75, 3.05) is 27.1 Å². The normalized spacial score (nSPS) is 11.5. The smallest absolute Gasteiger partial charge is 0.417 e. The number of carbonyl (C=O) groups excluding carboxylic acids is 1. The first-order valence-corrected chi connectivity index (χ1v) is 10.7. The third kappa shape index (κ3) is 4.12. The molecule has 0 radical (unpaired) electrons. The zero-order valence-corrected chi connectivity index (χ0v) is 19.1. The summed E-state index contributed by atoms with van der Waals surface area (Å²) in [6.45, 7) is 0. The summed E-state index contributed by atoms with van der Waals surface area (Å²) in [6, 6.07) is 11.9. The van der Waals surface area contributed by atoms with Gasteiger partial charge in [-0.15, -0.1) is 11.3 Å². The fourth-order valence-electron chi connectivity index (χ4n) is 3.53. The van der Waals surface area contributed by atoms with Gasteiger partial charge in [0.05, 0.1) is 38.3 Å². The molecule has 2 heterocycles. The molecule has 0 unspecified atom stereocenters. The number of nitrogen functional groups attached to an aromatic ring is 1. The monoisotopic (exact) mass is 488 g/mol. The van der Waals surface area contributed by atoms with Crippen LogP contribution in [0.4, 0.5) is 18.9 Å². The third-order valence-corrected chi connectivity index (χ3v) is 6.34. The largest absolute Gasteiger partial charge is 0.497 e. The molecule has 0 aliphatic rings. The van der Waals surface area contributed by atoms with E-state index in [1.807, 2.05) is 0 Å². The van der Waals surface area contributed by atoms with E-state index in [4.69, 9.17) is 19.9 Å². The lowest BCUT2D eigenvalue weighted by molar-refractivity contribution is -0.136. The first-order valence-electron chi connectivity index (χ1n) is 9.89. The van der Waals surface area contributed by atoms with Crippen molar-refractivity contribution in [3.63, 3.8) is 0 Å². The molecule has 2 aromatic carbocycles. The number of methoxy groups -OCH3 is 3. The summed E-state index contributed by atoms with van der Waals surface area (Å²) in [7, 11) is 4.36. The van der Waals surface area contributed by atoms with Crippen LogP contribution in [0.25, 0.3) is 21.5 Å². The van der Waals surface area contributed by atoms with Crippen molar-refractivity contribution in [1.82, 2.24) is 4.98 Å². The number of carbonyl (C=O) groups is 1. The van der Waals surface area contributed by atoms with E-state index in [1.54, 1.807) is 24.3 Å². The van der Waals surface area contributed by atoms with Gasteiger partial charge in [0, 0.05) is 16.5 Å². The van der Waals surface area contributed by atoms with Crippen molar-refractivity contribution >= 4 is 33.0 Å². The quantitative estimate of drug-likeness (QED) is 0.344. The third-order valence-electron chi connectivity index (χ3n) is 5.24. The Labute approximate surface area is 196 Å². The lowest BCUT2D eigenvalue weighted by atomic mass is 10.0. The Morgan fingerprint density at radius 2 is 1.62 bits per heavy atom. The number of hydrogen-bond acceptors (Lipinski definition) is 7. The van der Waals surface area contributed by atoms with Crippen LogP contribution in [0.1, 0.15) is 20.8 Å². The predicted molar refractivity (Wildman–Crippen MR) is 124 cm³/mol. The SMILES string of the molecule is COc1ccc(-c2cc(C(F)(F)F)c3c(N)c(C(=O)c4ccc(OC)c(OC)c4)sc3n2)cc1. The van der Waals surface area contributed by atoms with Crippen molar-refractivity contribution in [3.05, 3.63) is 64.5 Å². The van der Waals surface area contributed by atoms with Gasteiger partial charge >= 0.3 is 6.18 Å². The Bertz CT molecular complexity index is 1380. The predicted octanol–water partition coefficient (Wildman–Crippen LogP) is 5.82. The summed E-state index contributed by atoms with van der Waals surface area (Å²) in [5, 5.41) is -0.293. The molecule has 0 aliphatic heterocycles. The highest BCUT2D eigenvalue weighted by Crippen LogP contribution is 2.44. The molecule has 10 heteroatoms. The summed E-state index contributed by atoms with van der Waals surface area (Å²) in [5.41, 5.74) is 5.65. The minimum atomic E-state index is -4.71. The standard InChI is InChI=1S/C24H19F3N2O4S/c1-31-14-7-4-12(5-8-14)16-11-15(24(25,26)27)19-20(28)22(34-23(19)29-16)21(30)13-6-9-17(32-2)18(10-13)33-3/h4-11H,28H2,1-3H3. The van der Waals surface area contributed by atoms with Crippen LogP contribution in [0, 0.1) is 0 Å². The lowest BCUT2D eigenvalue weighted by Gasteiger charge is -2.11. The minimum absolute atomic E-state index is 0.0157. The van der Waals surface area contributed by atoms with E-state index in [2.05, 4.69) is 4.98 Å². The number of alkyl halides is 3. The number of hydrogen-bond donors (Lipinski definition) is 1. The fourth-order valence-corrected chi connectivity index (χ4v) is 4.61. The van der Waals surface area contributed by atoms with Crippen LogP contribution in [0.3, 0.4) is 0 Å². The summed E-state index contributed by atoms with van der Waals surface area (Å²) in [4.78, 5) is 17.6. The second-order valence-corrected chi connectivity index (χ2v) is 8.20. The van der Waals surface area contributed by atoms with Gasteiger partial charge < -0.3 is 19.9 Å². The number of benzene rings is 2. The topological polar surface area (TPSA) is 83.7 Å². The van der Waals surface area contributed by atoms with Crippen LogP contribution >= 0.6 is 11.3 Å². The summed E-state index contributed by atoms with van der Waals surface area (Å²) >= 11 is 0.815. The van der Waals surface area contributed by atoms with Gasteiger partial charge in [-0.1, -0.05) is 0 Å². The molecule has 0 fully saturated rings. The average Bonchev–Trinajstić information content (AvgIpc) is 3.18. The van der Waals surface area contributed by atoms with Crippen molar-refractivity contribution in [2.45, 2.75) is 6.18 Å². The molecule has 34 heavy (non-hydrogen) atoms. The summed E-state index contributed by atoms with van der Waals surface area (Å²) in [5.74, 6) is 0.738. The number of fused-ring (bicyclic) bond motifs is 1. The molecule has 0 atom stereocenters. The van der Waals surface area contributed by atoms with E-state index in [1.165, 1.54) is 39.5 Å². The van der Waals surface area contributed by atoms with E-state index < -0.39 is 17.5 Å². The van der Waals surface area contributed by atoms with Gasteiger partial charge in [0.1, 0.15) is 15.5 Å². The molecule has 0 saturated carbocycles. The van der Waals surface area contributed by atoms with Crippen molar-refractivity contribution < 1.29 is 32.2 Å². The number of aromatic nitrogens is 1. The lowest BCUT2D eigenvalue weighted by Crippen LogP contribution is -2.08. The van der Waals surface area contributed by atoms with E-state index >= 15 is 0 Å². The Balaban J connectivity index is 1.88. The fraction of sp³-hybridized carbons (Fsp3) is 0.167. The van der Waals surface area contributed by atoms with Gasteiger partial charge in [0.2, 0.25) is 5.78 Å². The maximum absolute atomic E-state index is 14.0. The first-order chi connectivity index (χ1) is 16.2. The number of ether oxygens (including phenoxy) is 3. The molecule has 4 rings (SSSR count). The number of nitrogens with zero attached hydrogens (tertiary/aromatic N) is 1. The minimum Gasteiger partial charge on any atom is -0.497 e. The van der Waals surface area contributed by atoms with Gasteiger partial charge in [-0.3, -0.25) is 4.79 Å². The molecule has 4 aromatic rings. The summed E-state index contributed by atoms with van der Waals surface area (Å²) in [6.07, 6.45) is -4.71. The van der Waals surface area contributed by atoms with Crippen LogP contribution < -0.4 is 19.9 Å². The Hall–Kier alpha value is -3.79.